The topological polar surface area (TPSA) is 116 Å². The van der Waals surface area contributed by atoms with Crippen LogP contribution in [0.4, 0.5) is 18.9 Å². The minimum Gasteiger partial charge on any atom is -0.456 e. The van der Waals surface area contributed by atoms with Crippen LogP contribution in [-0.4, -0.2) is 37.9 Å². The number of alkyl halides is 3. The van der Waals surface area contributed by atoms with Crippen molar-refractivity contribution in [1.82, 2.24) is 4.90 Å². The Kier molecular flexibility index (Phi) is 10.5. The molecule has 0 bridgehead atoms. The van der Waals surface area contributed by atoms with Gasteiger partial charge in [-0.2, -0.15) is 13.2 Å². The fourth-order valence-electron chi connectivity index (χ4n) is 3.38. The first kappa shape index (κ1) is 32.7. The van der Waals surface area contributed by atoms with Crippen molar-refractivity contribution < 1.29 is 42.0 Å². The van der Waals surface area contributed by atoms with Gasteiger partial charge >= 0.3 is 12.1 Å². The van der Waals surface area contributed by atoms with Crippen LogP contribution in [0.2, 0.25) is 0 Å². The standard InChI is InChI=1S/C28H27F3N2O7S2/c1-5-13-41-22-15-21(34)32(22)23(24(35)39-16-17-9-11-19(12-10-17)33(37)38)25(42-26(36)27(2,3)4)40-20-8-6-7-18(14-20)28(29,30)31/h5-12,14,22H,1,13,15-16H2,2-4H3. The third-order valence-electron chi connectivity index (χ3n) is 5.63. The highest BCUT2D eigenvalue weighted by Crippen LogP contribution is 2.40. The van der Waals surface area contributed by atoms with Gasteiger partial charge in [0.15, 0.2) is 10.8 Å². The van der Waals surface area contributed by atoms with Crippen molar-refractivity contribution in [2.45, 2.75) is 45.3 Å². The molecule has 9 nitrogen and oxygen atoms in total. The lowest BCUT2D eigenvalue weighted by Crippen LogP contribution is -2.52. The van der Waals surface area contributed by atoms with Crippen LogP contribution in [0, 0.1) is 15.5 Å². The second-order valence-corrected chi connectivity index (χ2v) is 12.1. The highest BCUT2D eigenvalue weighted by Gasteiger charge is 2.45. The second-order valence-electron chi connectivity index (χ2n) is 9.95. The van der Waals surface area contributed by atoms with Crippen LogP contribution in [-0.2, 0) is 31.9 Å². The van der Waals surface area contributed by atoms with E-state index in [2.05, 4.69) is 6.58 Å². The molecule has 1 aliphatic heterocycles. The number of benzene rings is 2. The zero-order valence-electron chi connectivity index (χ0n) is 22.8. The predicted molar refractivity (Wildman–Crippen MR) is 152 cm³/mol. The lowest BCUT2D eigenvalue weighted by molar-refractivity contribution is -0.384. The first-order valence-electron chi connectivity index (χ1n) is 12.4. The number of non-ortho nitro benzene ring substituents is 1. The maximum absolute atomic E-state index is 13.6. The maximum atomic E-state index is 13.6. The summed E-state index contributed by atoms with van der Waals surface area (Å²) in [6.45, 7) is 8.10. The highest BCUT2D eigenvalue weighted by molar-refractivity contribution is 8.16. The number of thioether (sulfide) groups is 2. The van der Waals surface area contributed by atoms with Crippen LogP contribution in [0.5, 0.6) is 5.75 Å². The largest absolute Gasteiger partial charge is 0.456 e. The van der Waals surface area contributed by atoms with Gasteiger partial charge in [0, 0.05) is 23.3 Å². The van der Waals surface area contributed by atoms with Crippen LogP contribution in [0.15, 0.2) is 72.0 Å². The number of ether oxygens (including phenoxy) is 2. The van der Waals surface area contributed by atoms with E-state index in [4.69, 9.17) is 9.47 Å². The van der Waals surface area contributed by atoms with Crippen molar-refractivity contribution in [1.29, 1.82) is 0 Å². The molecule has 0 N–H and O–H groups in total. The van der Waals surface area contributed by atoms with E-state index < -0.39 is 55.2 Å². The normalized spacial score (nSPS) is 15.8. The van der Waals surface area contributed by atoms with Gasteiger partial charge in [-0.15, -0.1) is 18.3 Å². The molecule has 1 amide bonds. The number of nitrogens with zero attached hydrogens (tertiary/aromatic N) is 2. The molecule has 14 heteroatoms. The minimum atomic E-state index is -4.69. The van der Waals surface area contributed by atoms with E-state index in [1.165, 1.54) is 42.1 Å². The number of carbonyl (C=O) groups excluding carboxylic acids is 3. The molecule has 1 heterocycles. The molecule has 224 valence electrons. The van der Waals surface area contributed by atoms with E-state index in [-0.39, 0.29) is 24.5 Å². The molecule has 0 aliphatic carbocycles. The van der Waals surface area contributed by atoms with Gasteiger partial charge in [0.1, 0.15) is 12.4 Å². The predicted octanol–water partition coefficient (Wildman–Crippen LogP) is 6.69. The lowest BCUT2D eigenvalue weighted by Gasteiger charge is -2.40. The number of esters is 1. The van der Waals surface area contributed by atoms with E-state index in [1.54, 1.807) is 26.8 Å². The molecule has 3 rings (SSSR count). The molecule has 2 aromatic carbocycles. The van der Waals surface area contributed by atoms with Crippen molar-refractivity contribution in [3.63, 3.8) is 0 Å². The zero-order chi connectivity index (χ0) is 31.2. The summed E-state index contributed by atoms with van der Waals surface area (Å²) in [5, 5.41) is 9.45. The Bertz CT molecular complexity index is 1400. The molecule has 1 atom stereocenters. The van der Waals surface area contributed by atoms with Gasteiger partial charge in [-0.1, -0.05) is 32.9 Å². The fraction of sp³-hybridized carbons (Fsp3) is 0.321. The Morgan fingerprint density at radius 2 is 1.83 bits per heavy atom. The van der Waals surface area contributed by atoms with Crippen molar-refractivity contribution in [3.05, 3.63) is 93.2 Å². The number of halogens is 3. The molecule has 1 saturated heterocycles. The SMILES string of the molecule is C=CCSC1CC(=O)N1C(C(=O)OCc1ccc([N+](=O)[O-])cc1)=C(Oc1cccc(C(F)(F)F)c1)SC(=O)C(C)(C)C. The molecule has 2 aromatic rings. The van der Waals surface area contributed by atoms with Crippen molar-refractivity contribution >= 4 is 46.2 Å². The van der Waals surface area contributed by atoms with Crippen LogP contribution in [0.3, 0.4) is 0 Å². The first-order chi connectivity index (χ1) is 19.6. The van der Waals surface area contributed by atoms with Crippen LogP contribution in [0.1, 0.15) is 38.3 Å². The number of hydrogen-bond donors (Lipinski definition) is 0. The molecule has 1 aliphatic rings. The second kappa shape index (κ2) is 13.5. The van der Waals surface area contributed by atoms with Gasteiger partial charge < -0.3 is 9.47 Å². The van der Waals surface area contributed by atoms with Crippen LogP contribution < -0.4 is 4.74 Å². The molecular formula is C28H27F3N2O7S2. The van der Waals surface area contributed by atoms with Crippen molar-refractivity contribution in [2.75, 3.05) is 5.75 Å². The number of likely N-dealkylation sites (tertiary alicyclic amines) is 1. The number of nitro benzene ring substituents is 1. The Morgan fingerprint density at radius 3 is 2.38 bits per heavy atom. The molecule has 0 aromatic heterocycles. The monoisotopic (exact) mass is 624 g/mol. The van der Waals surface area contributed by atoms with E-state index in [1.807, 2.05) is 0 Å². The summed E-state index contributed by atoms with van der Waals surface area (Å²) in [7, 11) is 0. The number of rotatable bonds is 11. The summed E-state index contributed by atoms with van der Waals surface area (Å²) in [5.74, 6) is -1.48. The highest BCUT2D eigenvalue weighted by atomic mass is 32.2. The van der Waals surface area contributed by atoms with E-state index in [0.29, 0.717) is 29.1 Å². The summed E-state index contributed by atoms with van der Waals surface area (Å²) in [6.07, 6.45) is -3.05. The van der Waals surface area contributed by atoms with Gasteiger partial charge in [0.25, 0.3) is 5.69 Å². The Labute approximate surface area is 248 Å². The average Bonchev–Trinajstić information content (AvgIpc) is 2.91. The smallest absolute Gasteiger partial charge is 0.416 e. The molecule has 1 fully saturated rings. The fourth-order valence-corrected chi connectivity index (χ4v) is 5.26. The lowest BCUT2D eigenvalue weighted by atomic mass is 10.00. The Hall–Kier alpha value is -3.78. The van der Waals surface area contributed by atoms with E-state index >= 15 is 0 Å². The number of amides is 1. The maximum Gasteiger partial charge on any atom is 0.416 e. The van der Waals surface area contributed by atoms with Gasteiger partial charge in [-0.3, -0.25) is 24.6 Å². The summed E-state index contributed by atoms with van der Waals surface area (Å²) < 4.78 is 51.4. The van der Waals surface area contributed by atoms with Crippen molar-refractivity contribution in [3.8, 4) is 5.75 Å². The summed E-state index contributed by atoms with van der Waals surface area (Å²) in [4.78, 5) is 51.0. The van der Waals surface area contributed by atoms with Gasteiger partial charge in [0.2, 0.25) is 11.0 Å². The van der Waals surface area contributed by atoms with E-state index in [0.717, 1.165) is 17.0 Å². The summed E-state index contributed by atoms with van der Waals surface area (Å²) in [5.41, 5.74) is -2.22. The zero-order valence-corrected chi connectivity index (χ0v) is 24.4. The number of hydrogen-bond acceptors (Lipinski definition) is 9. The first-order valence-corrected chi connectivity index (χ1v) is 14.2. The van der Waals surface area contributed by atoms with Gasteiger partial charge in [-0.25, -0.2) is 4.79 Å². The number of nitro groups is 1. The average molecular weight is 625 g/mol. The summed E-state index contributed by atoms with van der Waals surface area (Å²) in [6, 6.07) is 9.08. The van der Waals surface area contributed by atoms with Crippen LogP contribution in [0.25, 0.3) is 0 Å². The molecule has 42 heavy (non-hydrogen) atoms. The van der Waals surface area contributed by atoms with Gasteiger partial charge in [-0.05, 0) is 47.7 Å². The Morgan fingerprint density at radius 1 is 1.17 bits per heavy atom. The van der Waals surface area contributed by atoms with Gasteiger partial charge in [0.05, 0.1) is 22.3 Å². The molecular weight excluding hydrogens is 597 g/mol. The van der Waals surface area contributed by atoms with E-state index in [9.17, 15) is 37.7 Å². The summed E-state index contributed by atoms with van der Waals surface area (Å²) >= 11 is 1.74. The molecule has 0 radical (unpaired) electrons. The third kappa shape index (κ3) is 8.38. The third-order valence-corrected chi connectivity index (χ3v) is 8.08. The van der Waals surface area contributed by atoms with Crippen molar-refractivity contribution in [2.24, 2.45) is 5.41 Å². The minimum absolute atomic E-state index is 0.0480. The number of carbonyl (C=O) groups is 3. The quantitative estimate of drug-likeness (QED) is 0.0513. The molecule has 0 saturated carbocycles. The Balaban J connectivity index is 2.08. The number of β-lactam (4-membered cyclic amide) rings is 1. The molecule has 0 spiro atoms. The van der Waals surface area contributed by atoms with Crippen LogP contribution >= 0.6 is 23.5 Å². The molecule has 1 unspecified atom stereocenters.